The lowest BCUT2D eigenvalue weighted by atomic mass is 10.1. The van der Waals surface area contributed by atoms with E-state index < -0.39 is 0 Å². The van der Waals surface area contributed by atoms with Crippen LogP contribution in [0.5, 0.6) is 0 Å². The third kappa shape index (κ3) is 2.75. The summed E-state index contributed by atoms with van der Waals surface area (Å²) in [5.74, 6) is 0. The van der Waals surface area contributed by atoms with Crippen molar-refractivity contribution < 1.29 is 9.13 Å². The molecule has 3 heteroatoms. The topological polar surface area (TPSA) is 21.3 Å². The second-order valence-electron chi connectivity index (χ2n) is 2.98. The van der Waals surface area contributed by atoms with Gasteiger partial charge in [-0.2, -0.15) is 0 Å². The Morgan fingerprint density at radius 3 is 3.09 bits per heavy atom. The van der Waals surface area contributed by atoms with Crippen LogP contribution in [-0.4, -0.2) is 32.0 Å². The molecule has 11 heavy (non-hydrogen) atoms. The first kappa shape index (κ1) is 8.94. The van der Waals surface area contributed by atoms with Crippen LogP contribution < -0.4 is 5.32 Å². The average Bonchev–Trinajstić information content (AvgIpc) is 2.52. The van der Waals surface area contributed by atoms with Gasteiger partial charge in [-0.3, -0.25) is 0 Å². The Labute approximate surface area is 67.1 Å². The highest BCUT2D eigenvalue weighted by Gasteiger charge is 2.21. The van der Waals surface area contributed by atoms with Crippen LogP contribution in [0.4, 0.5) is 4.39 Å². The van der Waals surface area contributed by atoms with Gasteiger partial charge < -0.3 is 10.1 Å². The van der Waals surface area contributed by atoms with E-state index in [0.29, 0.717) is 18.7 Å². The minimum Gasteiger partial charge on any atom is -0.377 e. The van der Waals surface area contributed by atoms with Crippen LogP contribution >= 0.6 is 0 Å². The van der Waals surface area contributed by atoms with Crippen LogP contribution in [0.15, 0.2) is 0 Å². The summed E-state index contributed by atoms with van der Waals surface area (Å²) in [5, 5.41) is 3.07. The number of alkyl halides is 1. The van der Waals surface area contributed by atoms with Gasteiger partial charge in [0, 0.05) is 19.2 Å². The molecular weight excluding hydrogens is 145 g/mol. The minimum absolute atomic E-state index is 0.295. The number of nitrogens with one attached hydrogen (secondary N) is 1. The number of hydrogen-bond donors (Lipinski definition) is 1. The Morgan fingerprint density at radius 1 is 1.73 bits per heavy atom. The van der Waals surface area contributed by atoms with Gasteiger partial charge in [-0.15, -0.1) is 0 Å². The van der Waals surface area contributed by atoms with Crippen molar-refractivity contribution in [1.82, 2.24) is 5.32 Å². The molecule has 0 radical (unpaired) electrons. The van der Waals surface area contributed by atoms with Gasteiger partial charge in [0.2, 0.25) is 0 Å². The summed E-state index contributed by atoms with van der Waals surface area (Å²) in [6, 6.07) is 0.299. The Balaban J connectivity index is 2.12. The van der Waals surface area contributed by atoms with E-state index in [0.717, 1.165) is 19.4 Å². The molecule has 2 unspecified atom stereocenters. The number of halogens is 1. The molecule has 0 aromatic rings. The Kier molecular flexibility index (Phi) is 3.80. The molecule has 0 amide bonds. The third-order valence-corrected chi connectivity index (χ3v) is 2.08. The van der Waals surface area contributed by atoms with Crippen LogP contribution in [-0.2, 0) is 4.74 Å². The third-order valence-electron chi connectivity index (χ3n) is 2.08. The lowest BCUT2D eigenvalue weighted by Gasteiger charge is -2.18. The van der Waals surface area contributed by atoms with E-state index >= 15 is 0 Å². The van der Waals surface area contributed by atoms with Gasteiger partial charge in [-0.25, -0.2) is 4.39 Å². The molecule has 1 aliphatic heterocycles. The van der Waals surface area contributed by atoms with E-state index in [-0.39, 0.29) is 6.67 Å². The van der Waals surface area contributed by atoms with Gasteiger partial charge in [0.25, 0.3) is 0 Å². The van der Waals surface area contributed by atoms with Crippen LogP contribution in [0.3, 0.4) is 0 Å². The van der Waals surface area contributed by atoms with Crippen LogP contribution in [0.2, 0.25) is 0 Å². The summed E-state index contributed by atoms with van der Waals surface area (Å²) in [6.07, 6.45) is 2.56. The van der Waals surface area contributed by atoms with Crippen LogP contribution in [0.1, 0.15) is 19.8 Å². The van der Waals surface area contributed by atoms with Crippen LogP contribution in [0, 0.1) is 0 Å². The highest BCUT2D eigenvalue weighted by atomic mass is 19.1. The maximum atomic E-state index is 11.7. The van der Waals surface area contributed by atoms with Crippen molar-refractivity contribution in [3.05, 3.63) is 0 Å². The summed E-state index contributed by atoms with van der Waals surface area (Å²) >= 11 is 0. The molecule has 66 valence electrons. The Bertz CT molecular complexity index is 104. The molecule has 1 aliphatic rings. The van der Waals surface area contributed by atoms with E-state index in [4.69, 9.17) is 4.74 Å². The molecule has 2 nitrogen and oxygen atoms in total. The molecule has 1 rings (SSSR count). The fourth-order valence-electron chi connectivity index (χ4n) is 1.41. The normalized spacial score (nSPS) is 27.3. The molecule has 1 fully saturated rings. The van der Waals surface area contributed by atoms with Crippen molar-refractivity contribution in [3.63, 3.8) is 0 Å². The Hall–Kier alpha value is -0.150. The summed E-state index contributed by atoms with van der Waals surface area (Å²) < 4.78 is 17.2. The lowest BCUT2D eigenvalue weighted by molar-refractivity contribution is 0.0833. The van der Waals surface area contributed by atoms with E-state index in [1.165, 1.54) is 0 Å². The molecular formula is C8H16FNO. The standard InChI is InChI=1S/C8H16FNO/c1-7(10-5-4-9)8-3-2-6-11-8/h7-8,10H,2-6H2,1H3. The second-order valence-corrected chi connectivity index (χ2v) is 2.98. The predicted octanol–water partition coefficient (Wildman–Crippen LogP) is 1.11. The minimum atomic E-state index is -0.295. The highest BCUT2D eigenvalue weighted by molar-refractivity contribution is 4.76. The van der Waals surface area contributed by atoms with Crippen molar-refractivity contribution in [2.75, 3.05) is 19.8 Å². The molecule has 0 saturated carbocycles. The van der Waals surface area contributed by atoms with Crippen molar-refractivity contribution in [3.8, 4) is 0 Å². The molecule has 1 heterocycles. The molecule has 2 atom stereocenters. The smallest absolute Gasteiger partial charge is 0.102 e. The zero-order chi connectivity index (χ0) is 8.10. The molecule has 0 aromatic heterocycles. The van der Waals surface area contributed by atoms with Crippen LogP contribution in [0.25, 0.3) is 0 Å². The second kappa shape index (κ2) is 4.67. The Morgan fingerprint density at radius 2 is 2.55 bits per heavy atom. The maximum Gasteiger partial charge on any atom is 0.102 e. The SMILES string of the molecule is CC(NCCF)C1CCCO1. The van der Waals surface area contributed by atoms with Gasteiger partial charge in [0.05, 0.1) is 6.10 Å². The van der Waals surface area contributed by atoms with Crippen molar-refractivity contribution >= 4 is 0 Å². The largest absolute Gasteiger partial charge is 0.377 e. The number of ether oxygens (including phenoxy) is 1. The van der Waals surface area contributed by atoms with Gasteiger partial charge in [-0.1, -0.05) is 0 Å². The van der Waals surface area contributed by atoms with E-state index in [1.54, 1.807) is 0 Å². The zero-order valence-corrected chi connectivity index (χ0v) is 6.98. The molecule has 0 spiro atoms. The first-order valence-electron chi connectivity index (χ1n) is 4.25. The molecule has 0 bridgehead atoms. The summed E-state index contributed by atoms with van der Waals surface area (Å²) in [4.78, 5) is 0. The summed E-state index contributed by atoms with van der Waals surface area (Å²) in [7, 11) is 0. The number of rotatable bonds is 4. The number of hydrogen-bond acceptors (Lipinski definition) is 2. The average molecular weight is 161 g/mol. The molecule has 1 saturated heterocycles. The molecule has 0 aromatic carbocycles. The predicted molar refractivity (Wildman–Crippen MR) is 42.4 cm³/mol. The quantitative estimate of drug-likeness (QED) is 0.667. The molecule has 0 aliphatic carbocycles. The fourth-order valence-corrected chi connectivity index (χ4v) is 1.41. The summed E-state index contributed by atoms with van der Waals surface area (Å²) in [5.41, 5.74) is 0. The summed E-state index contributed by atoms with van der Waals surface area (Å²) in [6.45, 7) is 3.07. The first-order chi connectivity index (χ1) is 5.34. The first-order valence-corrected chi connectivity index (χ1v) is 4.25. The molecule has 1 N–H and O–H groups in total. The van der Waals surface area contributed by atoms with Crippen molar-refractivity contribution in [1.29, 1.82) is 0 Å². The lowest BCUT2D eigenvalue weighted by Crippen LogP contribution is -2.37. The van der Waals surface area contributed by atoms with Crippen molar-refractivity contribution in [2.24, 2.45) is 0 Å². The fraction of sp³-hybridized carbons (Fsp3) is 1.00. The van der Waals surface area contributed by atoms with E-state index in [2.05, 4.69) is 5.32 Å². The highest BCUT2D eigenvalue weighted by Crippen LogP contribution is 2.14. The zero-order valence-electron chi connectivity index (χ0n) is 6.98. The monoisotopic (exact) mass is 161 g/mol. The van der Waals surface area contributed by atoms with Gasteiger partial charge in [0.1, 0.15) is 6.67 Å². The van der Waals surface area contributed by atoms with Gasteiger partial charge in [0.15, 0.2) is 0 Å². The maximum absolute atomic E-state index is 11.7. The van der Waals surface area contributed by atoms with E-state index in [9.17, 15) is 4.39 Å². The van der Waals surface area contributed by atoms with Gasteiger partial charge in [-0.05, 0) is 19.8 Å². The van der Waals surface area contributed by atoms with Gasteiger partial charge >= 0.3 is 0 Å². The van der Waals surface area contributed by atoms with E-state index in [1.807, 2.05) is 6.92 Å². The van der Waals surface area contributed by atoms with Crippen molar-refractivity contribution in [2.45, 2.75) is 31.9 Å².